The van der Waals surface area contributed by atoms with Gasteiger partial charge < -0.3 is 10.2 Å². The van der Waals surface area contributed by atoms with Gasteiger partial charge in [0.15, 0.2) is 5.84 Å². The van der Waals surface area contributed by atoms with Crippen molar-refractivity contribution >= 4 is 47.0 Å². The van der Waals surface area contributed by atoms with Crippen LogP contribution >= 0.6 is 11.6 Å². The van der Waals surface area contributed by atoms with E-state index in [0.29, 0.717) is 16.5 Å². The number of anilines is 1. The van der Waals surface area contributed by atoms with Gasteiger partial charge in [-0.05, 0) is 36.4 Å². The molecule has 0 radical (unpaired) electrons. The van der Waals surface area contributed by atoms with Crippen LogP contribution in [0.15, 0.2) is 58.6 Å². The average Bonchev–Trinajstić information content (AvgIpc) is 2.65. The fourth-order valence-corrected chi connectivity index (χ4v) is 2.99. The molecule has 130 valence electrons. The maximum absolute atomic E-state index is 12.4. The van der Waals surface area contributed by atoms with E-state index in [0.717, 1.165) is 11.3 Å². The summed E-state index contributed by atoms with van der Waals surface area (Å²) in [5.41, 5.74) is 4.68. The van der Waals surface area contributed by atoms with Gasteiger partial charge in [0.05, 0.1) is 18.4 Å². The van der Waals surface area contributed by atoms with Crippen LogP contribution in [-0.4, -0.2) is 34.9 Å². The van der Waals surface area contributed by atoms with Gasteiger partial charge in [0.25, 0.3) is 5.91 Å². The molecule has 26 heavy (non-hydrogen) atoms. The number of amidine groups is 1. The monoisotopic (exact) mass is 367 g/mol. The first-order valence-electron chi connectivity index (χ1n) is 7.97. The third kappa shape index (κ3) is 3.04. The summed E-state index contributed by atoms with van der Waals surface area (Å²) in [5.74, 6) is -0.0775. The summed E-state index contributed by atoms with van der Waals surface area (Å²) in [5, 5.41) is 7.48. The van der Waals surface area contributed by atoms with Gasteiger partial charge in [0.2, 0.25) is 5.91 Å². The Morgan fingerprint density at radius 1 is 1.19 bits per heavy atom. The zero-order valence-electron chi connectivity index (χ0n) is 13.5. The quantitative estimate of drug-likeness (QED) is 0.873. The van der Waals surface area contributed by atoms with E-state index in [4.69, 9.17) is 11.6 Å². The van der Waals surface area contributed by atoms with Gasteiger partial charge in [-0.15, -0.1) is 0 Å². The molecule has 0 spiro atoms. The number of para-hydroxylation sites is 1. The van der Waals surface area contributed by atoms with E-state index < -0.39 is 6.04 Å². The summed E-state index contributed by atoms with van der Waals surface area (Å²) in [6.07, 6.45) is 1.50. The minimum absolute atomic E-state index is 0.0400. The Morgan fingerprint density at radius 3 is 2.77 bits per heavy atom. The lowest BCUT2D eigenvalue weighted by Crippen LogP contribution is -2.54. The molecule has 8 heteroatoms. The van der Waals surface area contributed by atoms with E-state index in [1.54, 1.807) is 35.5 Å². The lowest BCUT2D eigenvalue weighted by molar-refractivity contribution is -0.128. The molecule has 2 aromatic carbocycles. The number of rotatable bonds is 3. The number of aliphatic imine (C=N–C) groups is 1. The summed E-state index contributed by atoms with van der Waals surface area (Å²) in [7, 11) is 0. The number of hydrogen-bond donors (Lipinski definition) is 2. The van der Waals surface area contributed by atoms with Crippen molar-refractivity contribution in [3.05, 3.63) is 59.1 Å². The predicted molar refractivity (Wildman–Crippen MR) is 99.6 cm³/mol. The molecule has 4 rings (SSSR count). The SMILES string of the molecule is O=C(C[C@@H]1C(=O)NN=C2c3ccccc3N=CN21)Nc1ccc(Cl)cc1. The first-order chi connectivity index (χ1) is 12.6. The van der Waals surface area contributed by atoms with Gasteiger partial charge in [0.1, 0.15) is 6.04 Å². The summed E-state index contributed by atoms with van der Waals surface area (Å²) < 4.78 is 0. The number of nitrogens with zero attached hydrogens (tertiary/aromatic N) is 3. The first kappa shape index (κ1) is 16.3. The molecule has 0 bridgehead atoms. The maximum atomic E-state index is 12.4. The third-order valence-electron chi connectivity index (χ3n) is 4.13. The number of hydrazone groups is 1. The molecule has 7 nitrogen and oxygen atoms in total. The van der Waals surface area contributed by atoms with Gasteiger partial charge in [-0.3, -0.25) is 9.59 Å². The summed E-state index contributed by atoms with van der Waals surface area (Å²) in [6.45, 7) is 0. The lowest BCUT2D eigenvalue weighted by atomic mass is 10.1. The van der Waals surface area contributed by atoms with Gasteiger partial charge in [-0.1, -0.05) is 23.7 Å². The predicted octanol–water partition coefficient (Wildman–Crippen LogP) is 2.50. The number of nitrogens with one attached hydrogen (secondary N) is 2. The zero-order valence-corrected chi connectivity index (χ0v) is 14.3. The molecule has 0 fully saturated rings. The summed E-state index contributed by atoms with van der Waals surface area (Å²) in [6, 6.07) is 13.5. The molecule has 2 aromatic rings. The van der Waals surface area contributed by atoms with E-state index in [1.807, 2.05) is 24.3 Å². The van der Waals surface area contributed by atoms with Crippen LogP contribution in [0.4, 0.5) is 11.4 Å². The smallest absolute Gasteiger partial charge is 0.263 e. The second-order valence-corrected chi connectivity index (χ2v) is 6.29. The topological polar surface area (TPSA) is 86.2 Å². The van der Waals surface area contributed by atoms with Gasteiger partial charge in [0, 0.05) is 16.3 Å². The van der Waals surface area contributed by atoms with E-state index in [9.17, 15) is 9.59 Å². The number of carbonyl (C=O) groups is 2. The second-order valence-electron chi connectivity index (χ2n) is 5.86. The second kappa shape index (κ2) is 6.61. The standard InChI is InChI=1S/C18H14ClN5O2/c19-11-5-7-12(8-6-11)21-16(25)9-15-18(26)23-22-17-13-3-1-2-4-14(13)20-10-24(15)17/h1-8,10,15H,9H2,(H,21,25)(H,23,26)/t15-/m1/s1. The van der Waals surface area contributed by atoms with Gasteiger partial charge in [-0.25, -0.2) is 10.4 Å². The van der Waals surface area contributed by atoms with Crippen LogP contribution in [0.5, 0.6) is 0 Å². The maximum Gasteiger partial charge on any atom is 0.263 e. The Balaban J connectivity index is 1.54. The van der Waals surface area contributed by atoms with Crippen LogP contribution < -0.4 is 10.7 Å². The molecule has 0 unspecified atom stereocenters. The van der Waals surface area contributed by atoms with Crippen molar-refractivity contribution in [2.45, 2.75) is 12.5 Å². The van der Waals surface area contributed by atoms with Crippen molar-refractivity contribution in [2.24, 2.45) is 10.1 Å². The van der Waals surface area contributed by atoms with Crippen LogP contribution in [0.2, 0.25) is 5.02 Å². The molecule has 0 saturated carbocycles. The van der Waals surface area contributed by atoms with Crippen molar-refractivity contribution in [2.75, 3.05) is 5.32 Å². The van der Waals surface area contributed by atoms with Crippen LogP contribution in [-0.2, 0) is 9.59 Å². The number of halogens is 1. The van der Waals surface area contributed by atoms with Crippen molar-refractivity contribution in [1.82, 2.24) is 10.3 Å². The van der Waals surface area contributed by atoms with Gasteiger partial charge >= 0.3 is 0 Å². The fourth-order valence-electron chi connectivity index (χ4n) is 2.86. The zero-order chi connectivity index (χ0) is 18.1. The number of amides is 2. The van der Waals surface area contributed by atoms with E-state index in [1.165, 1.54) is 0 Å². The first-order valence-corrected chi connectivity index (χ1v) is 8.34. The summed E-state index contributed by atoms with van der Waals surface area (Å²) in [4.78, 5) is 30.7. The van der Waals surface area contributed by atoms with Crippen LogP contribution in [0, 0.1) is 0 Å². The molecular formula is C18H14ClN5O2. The molecule has 2 N–H and O–H groups in total. The van der Waals surface area contributed by atoms with Crippen molar-refractivity contribution in [1.29, 1.82) is 0 Å². The minimum atomic E-state index is -0.730. The molecule has 2 aliphatic heterocycles. The number of hydrogen-bond acceptors (Lipinski definition) is 5. The number of benzene rings is 2. The molecule has 0 saturated heterocycles. The van der Waals surface area contributed by atoms with E-state index in [2.05, 4.69) is 20.8 Å². The highest BCUT2D eigenvalue weighted by Crippen LogP contribution is 2.27. The molecule has 0 aromatic heterocycles. The molecule has 2 heterocycles. The Labute approximate surface area is 154 Å². The van der Waals surface area contributed by atoms with Crippen molar-refractivity contribution in [3.63, 3.8) is 0 Å². The highest BCUT2D eigenvalue weighted by molar-refractivity contribution is 6.30. The Kier molecular flexibility index (Phi) is 4.14. The van der Waals surface area contributed by atoms with Crippen LogP contribution in [0.3, 0.4) is 0 Å². The molecular weight excluding hydrogens is 354 g/mol. The highest BCUT2D eigenvalue weighted by atomic mass is 35.5. The Hall–Kier alpha value is -3.19. The molecule has 0 aliphatic carbocycles. The summed E-state index contributed by atoms with van der Waals surface area (Å²) >= 11 is 5.84. The number of carbonyl (C=O) groups excluding carboxylic acids is 2. The molecule has 1 atom stereocenters. The fraction of sp³-hybridized carbons (Fsp3) is 0.111. The normalized spacial score (nSPS) is 17.7. The highest BCUT2D eigenvalue weighted by Gasteiger charge is 2.36. The number of fused-ring (bicyclic) bond motifs is 3. The molecule has 2 amide bonds. The third-order valence-corrected chi connectivity index (χ3v) is 4.38. The average molecular weight is 368 g/mol. The van der Waals surface area contributed by atoms with Gasteiger partial charge in [-0.2, -0.15) is 5.10 Å². The van der Waals surface area contributed by atoms with Crippen molar-refractivity contribution in [3.8, 4) is 0 Å². The minimum Gasteiger partial charge on any atom is -0.326 e. The Morgan fingerprint density at radius 2 is 1.96 bits per heavy atom. The van der Waals surface area contributed by atoms with E-state index >= 15 is 0 Å². The van der Waals surface area contributed by atoms with Crippen LogP contribution in [0.1, 0.15) is 12.0 Å². The Bertz CT molecular complexity index is 939. The van der Waals surface area contributed by atoms with Crippen LogP contribution in [0.25, 0.3) is 0 Å². The van der Waals surface area contributed by atoms with E-state index in [-0.39, 0.29) is 18.2 Å². The van der Waals surface area contributed by atoms with Crippen molar-refractivity contribution < 1.29 is 9.59 Å². The largest absolute Gasteiger partial charge is 0.326 e. The molecule has 2 aliphatic rings. The lowest BCUT2D eigenvalue weighted by Gasteiger charge is -2.34.